The topological polar surface area (TPSA) is 50.4 Å². The molecule has 0 saturated heterocycles. The number of fused-ring (bicyclic) bond motifs is 1. The van der Waals surface area contributed by atoms with E-state index >= 15 is 0 Å². The van der Waals surface area contributed by atoms with Crippen molar-refractivity contribution in [2.24, 2.45) is 0 Å². The Morgan fingerprint density at radius 2 is 2.25 bits per heavy atom. The second kappa shape index (κ2) is 5.79. The summed E-state index contributed by atoms with van der Waals surface area (Å²) >= 11 is 0. The minimum Gasteiger partial charge on any atom is -0.487 e. The molecule has 0 aromatic heterocycles. The van der Waals surface area contributed by atoms with E-state index < -0.39 is 5.60 Å². The van der Waals surface area contributed by atoms with Crippen LogP contribution in [0.4, 0.5) is 4.39 Å². The third-order valence-electron chi connectivity index (χ3n) is 3.37. The second-order valence-corrected chi connectivity index (χ2v) is 5.72. The average molecular weight is 280 g/mol. The van der Waals surface area contributed by atoms with Gasteiger partial charge in [-0.05, 0) is 27.0 Å². The minimum absolute atomic E-state index is 0.0164. The number of carbonyl (C=O) groups excluding carboxylic acids is 1. The Bertz CT molecular complexity index is 503. The van der Waals surface area contributed by atoms with Crippen LogP contribution in [0.25, 0.3) is 0 Å². The van der Waals surface area contributed by atoms with Gasteiger partial charge >= 0.3 is 0 Å². The molecule has 2 N–H and O–H groups in total. The number of amides is 1. The average Bonchev–Trinajstić information content (AvgIpc) is 2.34. The van der Waals surface area contributed by atoms with Crippen molar-refractivity contribution in [3.8, 4) is 5.75 Å². The maximum absolute atomic E-state index is 13.3. The molecule has 0 fully saturated rings. The zero-order chi connectivity index (χ0) is 14.8. The Kier molecular flexibility index (Phi) is 4.28. The summed E-state index contributed by atoms with van der Waals surface area (Å²) in [5, 5.41) is 5.95. The third-order valence-corrected chi connectivity index (χ3v) is 3.37. The molecule has 0 saturated carbocycles. The molecule has 0 spiro atoms. The number of carbonyl (C=O) groups is 1. The molecule has 0 bridgehead atoms. The van der Waals surface area contributed by atoms with E-state index in [1.165, 1.54) is 12.1 Å². The van der Waals surface area contributed by atoms with Gasteiger partial charge in [-0.1, -0.05) is 6.07 Å². The molecule has 1 aliphatic rings. The molecule has 1 atom stereocenters. The first-order valence-electron chi connectivity index (χ1n) is 6.84. The van der Waals surface area contributed by atoms with Crippen LogP contribution in [0.1, 0.15) is 38.3 Å². The summed E-state index contributed by atoms with van der Waals surface area (Å²) in [4.78, 5) is 11.9. The summed E-state index contributed by atoms with van der Waals surface area (Å²) < 4.78 is 19.1. The number of hydrogen-bond donors (Lipinski definition) is 2. The number of rotatable bonds is 4. The molecule has 0 radical (unpaired) electrons. The van der Waals surface area contributed by atoms with E-state index in [1.54, 1.807) is 6.07 Å². The minimum atomic E-state index is -0.429. The van der Waals surface area contributed by atoms with E-state index in [-0.39, 0.29) is 17.8 Å². The van der Waals surface area contributed by atoms with Crippen molar-refractivity contribution in [2.75, 3.05) is 13.6 Å². The molecule has 1 heterocycles. The van der Waals surface area contributed by atoms with Crippen LogP contribution >= 0.6 is 0 Å². The first-order valence-corrected chi connectivity index (χ1v) is 6.84. The lowest BCUT2D eigenvalue weighted by molar-refractivity contribution is -0.122. The largest absolute Gasteiger partial charge is 0.487 e. The quantitative estimate of drug-likeness (QED) is 0.888. The van der Waals surface area contributed by atoms with Gasteiger partial charge in [-0.25, -0.2) is 4.39 Å². The molecule has 1 aromatic rings. The first-order chi connectivity index (χ1) is 9.41. The van der Waals surface area contributed by atoms with Crippen LogP contribution in [-0.2, 0) is 4.79 Å². The molecular weight excluding hydrogens is 259 g/mol. The first kappa shape index (κ1) is 14.8. The summed E-state index contributed by atoms with van der Waals surface area (Å²) in [5.74, 6) is 0.166. The highest BCUT2D eigenvalue weighted by Gasteiger charge is 2.34. The standard InChI is InChI=1S/C15H21FN2O2/c1-15(2)9-12(18-14(19)6-7-17-3)11-5-4-10(16)8-13(11)20-15/h4-5,8,12,17H,6-7,9H2,1-3H3,(H,18,19). The van der Waals surface area contributed by atoms with Gasteiger partial charge in [0.1, 0.15) is 17.2 Å². The predicted octanol–water partition coefficient (Wildman–Crippen LogP) is 2.15. The lowest BCUT2D eigenvalue weighted by Crippen LogP contribution is -2.41. The van der Waals surface area contributed by atoms with Crippen molar-refractivity contribution in [1.82, 2.24) is 10.6 Å². The van der Waals surface area contributed by atoms with Gasteiger partial charge in [-0.2, -0.15) is 0 Å². The van der Waals surface area contributed by atoms with Crippen LogP contribution < -0.4 is 15.4 Å². The van der Waals surface area contributed by atoms with Crippen molar-refractivity contribution in [1.29, 1.82) is 0 Å². The van der Waals surface area contributed by atoms with Crippen molar-refractivity contribution < 1.29 is 13.9 Å². The predicted molar refractivity (Wildman–Crippen MR) is 75.2 cm³/mol. The fourth-order valence-electron chi connectivity index (χ4n) is 2.46. The van der Waals surface area contributed by atoms with Gasteiger partial charge in [0.15, 0.2) is 0 Å². The number of ether oxygens (including phenoxy) is 1. The third kappa shape index (κ3) is 3.48. The van der Waals surface area contributed by atoms with Crippen LogP contribution in [-0.4, -0.2) is 25.1 Å². The monoisotopic (exact) mass is 280 g/mol. The van der Waals surface area contributed by atoms with Crippen molar-refractivity contribution in [3.63, 3.8) is 0 Å². The van der Waals surface area contributed by atoms with Gasteiger partial charge in [-0.3, -0.25) is 4.79 Å². The molecule has 20 heavy (non-hydrogen) atoms. The summed E-state index contributed by atoms with van der Waals surface area (Å²) in [5.41, 5.74) is 0.408. The van der Waals surface area contributed by atoms with Gasteiger partial charge in [0.2, 0.25) is 5.91 Å². The molecule has 1 aliphatic heterocycles. The molecule has 5 heteroatoms. The zero-order valence-electron chi connectivity index (χ0n) is 12.1. The van der Waals surface area contributed by atoms with Gasteiger partial charge < -0.3 is 15.4 Å². The van der Waals surface area contributed by atoms with E-state index in [0.29, 0.717) is 25.1 Å². The maximum Gasteiger partial charge on any atom is 0.221 e. The number of benzene rings is 1. The number of hydrogen-bond acceptors (Lipinski definition) is 3. The molecule has 110 valence electrons. The van der Waals surface area contributed by atoms with E-state index in [1.807, 2.05) is 20.9 Å². The fourth-order valence-corrected chi connectivity index (χ4v) is 2.46. The highest BCUT2D eigenvalue weighted by atomic mass is 19.1. The molecule has 1 aromatic carbocycles. The van der Waals surface area contributed by atoms with Crippen LogP contribution in [0.15, 0.2) is 18.2 Å². The molecule has 2 rings (SSSR count). The van der Waals surface area contributed by atoms with Crippen LogP contribution in [0.5, 0.6) is 5.75 Å². The van der Waals surface area contributed by atoms with E-state index in [9.17, 15) is 9.18 Å². The Morgan fingerprint density at radius 3 is 2.95 bits per heavy atom. The Hall–Kier alpha value is -1.62. The Labute approximate surface area is 118 Å². The summed E-state index contributed by atoms with van der Waals surface area (Å²) in [7, 11) is 1.81. The highest BCUT2D eigenvalue weighted by molar-refractivity contribution is 5.76. The van der Waals surface area contributed by atoms with Gasteiger partial charge in [0.05, 0.1) is 6.04 Å². The second-order valence-electron chi connectivity index (χ2n) is 5.72. The summed E-state index contributed by atoms with van der Waals surface area (Å²) in [6.45, 7) is 4.51. The maximum atomic E-state index is 13.3. The van der Waals surface area contributed by atoms with Gasteiger partial charge in [0, 0.05) is 31.0 Å². The zero-order valence-corrected chi connectivity index (χ0v) is 12.1. The van der Waals surface area contributed by atoms with Crippen LogP contribution in [0.3, 0.4) is 0 Å². The van der Waals surface area contributed by atoms with Crippen molar-refractivity contribution >= 4 is 5.91 Å². The Balaban J connectivity index is 2.19. The summed E-state index contributed by atoms with van der Waals surface area (Å²) in [6.07, 6.45) is 1.09. The van der Waals surface area contributed by atoms with Crippen molar-refractivity contribution in [3.05, 3.63) is 29.6 Å². The highest BCUT2D eigenvalue weighted by Crippen LogP contribution is 2.39. The van der Waals surface area contributed by atoms with Crippen LogP contribution in [0, 0.1) is 5.82 Å². The van der Waals surface area contributed by atoms with Gasteiger partial charge in [0.25, 0.3) is 0 Å². The van der Waals surface area contributed by atoms with Crippen molar-refractivity contribution in [2.45, 2.75) is 38.3 Å². The van der Waals surface area contributed by atoms with E-state index in [2.05, 4.69) is 10.6 Å². The Morgan fingerprint density at radius 1 is 1.50 bits per heavy atom. The number of nitrogens with one attached hydrogen (secondary N) is 2. The molecule has 4 nitrogen and oxygen atoms in total. The smallest absolute Gasteiger partial charge is 0.221 e. The van der Waals surface area contributed by atoms with Crippen LogP contribution in [0.2, 0.25) is 0 Å². The fraction of sp³-hybridized carbons (Fsp3) is 0.533. The summed E-state index contributed by atoms with van der Waals surface area (Å²) in [6, 6.07) is 4.32. The molecular formula is C15H21FN2O2. The molecule has 1 unspecified atom stereocenters. The molecule has 0 aliphatic carbocycles. The molecule has 1 amide bonds. The van der Waals surface area contributed by atoms with E-state index in [0.717, 1.165) is 5.56 Å². The normalized spacial score (nSPS) is 19.9. The SMILES string of the molecule is CNCCC(=O)NC1CC(C)(C)Oc2cc(F)ccc21. The number of halogens is 1. The lowest BCUT2D eigenvalue weighted by atomic mass is 9.89. The lowest BCUT2D eigenvalue weighted by Gasteiger charge is -2.37. The van der Waals surface area contributed by atoms with Gasteiger partial charge in [-0.15, -0.1) is 0 Å². The van der Waals surface area contributed by atoms with E-state index in [4.69, 9.17) is 4.74 Å².